The normalized spacial score (nSPS) is 10.3. The van der Waals surface area contributed by atoms with Crippen LogP contribution in [-0.4, -0.2) is 28.8 Å². The number of nitrogens with one attached hydrogen (secondary N) is 1. The predicted octanol–water partition coefficient (Wildman–Crippen LogP) is 1.83. The lowest BCUT2D eigenvalue weighted by Crippen LogP contribution is -2.16. The molecule has 0 fully saturated rings. The number of esters is 1. The molecule has 0 aromatic carbocycles. The molecule has 0 aliphatic rings. The van der Waals surface area contributed by atoms with E-state index in [9.17, 15) is 9.59 Å². The van der Waals surface area contributed by atoms with Gasteiger partial charge in [-0.25, -0.2) is 4.79 Å². The van der Waals surface area contributed by atoms with E-state index in [1.807, 2.05) is 5.38 Å². The quantitative estimate of drug-likeness (QED) is 0.870. The molecule has 0 saturated heterocycles. The van der Waals surface area contributed by atoms with Gasteiger partial charge in [-0.05, 0) is 18.4 Å². The molecule has 2 heterocycles. The van der Waals surface area contributed by atoms with Crippen LogP contribution in [0.1, 0.15) is 25.9 Å². The van der Waals surface area contributed by atoms with Crippen molar-refractivity contribution in [2.24, 2.45) is 7.05 Å². The molecule has 0 atom stereocenters. The molecule has 7 heteroatoms. The summed E-state index contributed by atoms with van der Waals surface area (Å²) in [7, 11) is 2.91. The zero-order valence-electron chi connectivity index (χ0n) is 10.8. The third kappa shape index (κ3) is 2.50. The van der Waals surface area contributed by atoms with Gasteiger partial charge in [-0.1, -0.05) is 6.07 Å². The summed E-state index contributed by atoms with van der Waals surface area (Å²) in [5.41, 5.74) is 1.17. The van der Waals surface area contributed by atoms with Gasteiger partial charge in [-0.3, -0.25) is 9.48 Å². The molecular weight excluding hydrogens is 266 g/mol. The summed E-state index contributed by atoms with van der Waals surface area (Å²) in [6, 6.07) is 3.50. The van der Waals surface area contributed by atoms with E-state index in [0.29, 0.717) is 16.3 Å². The molecule has 1 amide bonds. The number of aryl methyl sites for hydroxylation is 2. The summed E-state index contributed by atoms with van der Waals surface area (Å²) in [6.07, 6.45) is 0. The van der Waals surface area contributed by atoms with Crippen molar-refractivity contribution in [3.05, 3.63) is 33.8 Å². The lowest BCUT2D eigenvalue weighted by molar-refractivity contribution is 0.0589. The van der Waals surface area contributed by atoms with Crippen molar-refractivity contribution in [1.29, 1.82) is 0 Å². The van der Waals surface area contributed by atoms with Gasteiger partial charge < -0.3 is 10.1 Å². The van der Waals surface area contributed by atoms with Crippen molar-refractivity contribution in [3.8, 4) is 0 Å². The molecule has 0 aliphatic carbocycles. The number of ether oxygens (including phenoxy) is 1. The fourth-order valence-corrected chi connectivity index (χ4v) is 2.34. The maximum atomic E-state index is 12.0. The summed E-state index contributed by atoms with van der Waals surface area (Å²) in [5, 5.41) is 8.64. The third-order valence-electron chi connectivity index (χ3n) is 2.58. The molecule has 2 aromatic rings. The minimum atomic E-state index is -0.537. The second-order valence-electron chi connectivity index (χ2n) is 3.86. The molecule has 0 radical (unpaired) electrons. The number of carbonyl (C=O) groups excluding carboxylic acids is 2. The number of amides is 1. The van der Waals surface area contributed by atoms with E-state index >= 15 is 0 Å². The maximum absolute atomic E-state index is 12.0. The molecule has 0 aliphatic heterocycles. The second-order valence-corrected chi connectivity index (χ2v) is 4.80. The van der Waals surface area contributed by atoms with Gasteiger partial charge in [-0.15, -0.1) is 11.3 Å². The van der Waals surface area contributed by atoms with Gasteiger partial charge in [0.2, 0.25) is 0 Å². The molecule has 0 saturated carbocycles. The zero-order valence-corrected chi connectivity index (χ0v) is 11.6. The molecule has 1 N–H and O–H groups in total. The lowest BCUT2D eigenvalue weighted by Gasteiger charge is -2.05. The minimum absolute atomic E-state index is 0.227. The number of methoxy groups -OCH3 is 1. The van der Waals surface area contributed by atoms with E-state index in [4.69, 9.17) is 4.74 Å². The first-order valence-electron chi connectivity index (χ1n) is 5.51. The van der Waals surface area contributed by atoms with Gasteiger partial charge in [0.1, 0.15) is 0 Å². The molecular formula is C12H13N3O3S. The Balaban J connectivity index is 2.35. The topological polar surface area (TPSA) is 73.2 Å². The van der Waals surface area contributed by atoms with Crippen LogP contribution < -0.4 is 5.32 Å². The van der Waals surface area contributed by atoms with E-state index in [0.717, 1.165) is 0 Å². The van der Waals surface area contributed by atoms with E-state index in [-0.39, 0.29) is 11.6 Å². The van der Waals surface area contributed by atoms with Crippen LogP contribution >= 0.6 is 11.3 Å². The van der Waals surface area contributed by atoms with Crippen molar-refractivity contribution in [2.45, 2.75) is 6.92 Å². The van der Waals surface area contributed by atoms with Gasteiger partial charge in [-0.2, -0.15) is 5.10 Å². The average molecular weight is 279 g/mol. The molecule has 100 valence electrons. The van der Waals surface area contributed by atoms with E-state index in [2.05, 4.69) is 10.4 Å². The second kappa shape index (κ2) is 5.23. The highest BCUT2D eigenvalue weighted by Gasteiger charge is 2.22. The summed E-state index contributed by atoms with van der Waals surface area (Å²) < 4.78 is 6.09. The Kier molecular flexibility index (Phi) is 3.66. The van der Waals surface area contributed by atoms with Gasteiger partial charge in [0.15, 0.2) is 5.69 Å². The van der Waals surface area contributed by atoms with Crippen molar-refractivity contribution >= 4 is 28.9 Å². The van der Waals surface area contributed by atoms with Gasteiger partial charge in [0, 0.05) is 7.05 Å². The Hall–Kier alpha value is -2.15. The fourth-order valence-electron chi connectivity index (χ4n) is 1.72. The molecule has 6 nitrogen and oxygen atoms in total. The van der Waals surface area contributed by atoms with Crippen LogP contribution in [0, 0.1) is 6.92 Å². The molecule has 2 aromatic heterocycles. The average Bonchev–Trinajstić information content (AvgIpc) is 2.98. The summed E-state index contributed by atoms with van der Waals surface area (Å²) in [6.45, 7) is 1.72. The summed E-state index contributed by atoms with van der Waals surface area (Å²) >= 11 is 1.33. The molecule has 0 bridgehead atoms. The smallest absolute Gasteiger partial charge is 0.358 e. The standard InChI is InChI=1S/C12H13N3O3S/c1-7-9(10(12(17)18-3)15(2)14-7)13-11(16)8-5-4-6-19-8/h4-6H,1-3H3,(H,13,16). The predicted molar refractivity (Wildman–Crippen MR) is 71.6 cm³/mol. The maximum Gasteiger partial charge on any atom is 0.358 e. The number of nitrogens with zero attached hydrogens (tertiary/aromatic N) is 2. The highest BCUT2D eigenvalue weighted by atomic mass is 32.1. The van der Waals surface area contributed by atoms with Crippen LogP contribution in [-0.2, 0) is 11.8 Å². The van der Waals surface area contributed by atoms with Crippen LogP contribution in [0.2, 0.25) is 0 Å². The Morgan fingerprint density at radius 2 is 2.21 bits per heavy atom. The molecule has 0 spiro atoms. The SMILES string of the molecule is COC(=O)c1c(NC(=O)c2cccs2)c(C)nn1C. The minimum Gasteiger partial charge on any atom is -0.464 e. The molecule has 19 heavy (non-hydrogen) atoms. The number of rotatable bonds is 3. The van der Waals surface area contributed by atoms with Crippen molar-refractivity contribution in [2.75, 3.05) is 12.4 Å². The molecule has 0 unspecified atom stereocenters. The highest BCUT2D eigenvalue weighted by Crippen LogP contribution is 2.22. The summed E-state index contributed by atoms with van der Waals surface area (Å²) in [5.74, 6) is -0.805. The monoisotopic (exact) mass is 279 g/mol. The first-order valence-corrected chi connectivity index (χ1v) is 6.39. The lowest BCUT2D eigenvalue weighted by atomic mass is 10.3. The number of hydrogen-bond donors (Lipinski definition) is 1. The Morgan fingerprint density at radius 1 is 1.47 bits per heavy atom. The fraction of sp³-hybridized carbons (Fsp3) is 0.250. The Labute approximate surface area is 114 Å². The summed E-state index contributed by atoms with van der Waals surface area (Å²) in [4.78, 5) is 24.3. The van der Waals surface area contributed by atoms with E-state index < -0.39 is 5.97 Å². The number of aromatic nitrogens is 2. The van der Waals surface area contributed by atoms with E-state index in [1.165, 1.54) is 23.1 Å². The van der Waals surface area contributed by atoms with Crippen molar-refractivity contribution in [3.63, 3.8) is 0 Å². The van der Waals surface area contributed by atoms with Crippen LogP contribution in [0.4, 0.5) is 5.69 Å². The highest BCUT2D eigenvalue weighted by molar-refractivity contribution is 7.12. The Bertz CT molecular complexity index is 616. The van der Waals surface area contributed by atoms with Crippen molar-refractivity contribution < 1.29 is 14.3 Å². The first-order chi connectivity index (χ1) is 9.04. The number of hydrogen-bond acceptors (Lipinski definition) is 5. The Morgan fingerprint density at radius 3 is 2.79 bits per heavy atom. The number of thiophene rings is 1. The van der Waals surface area contributed by atoms with Gasteiger partial charge in [0.05, 0.1) is 23.4 Å². The number of carbonyl (C=O) groups is 2. The van der Waals surface area contributed by atoms with Crippen molar-refractivity contribution in [1.82, 2.24) is 9.78 Å². The first kappa shape index (κ1) is 13.3. The van der Waals surface area contributed by atoms with Crippen LogP contribution in [0.15, 0.2) is 17.5 Å². The van der Waals surface area contributed by atoms with Crippen LogP contribution in [0.3, 0.4) is 0 Å². The van der Waals surface area contributed by atoms with Crippen LogP contribution in [0.25, 0.3) is 0 Å². The van der Waals surface area contributed by atoms with Crippen LogP contribution in [0.5, 0.6) is 0 Å². The molecule has 2 rings (SSSR count). The van der Waals surface area contributed by atoms with E-state index in [1.54, 1.807) is 26.1 Å². The van der Waals surface area contributed by atoms with Gasteiger partial charge in [0.25, 0.3) is 5.91 Å². The largest absolute Gasteiger partial charge is 0.464 e. The third-order valence-corrected chi connectivity index (χ3v) is 3.45. The number of anilines is 1. The zero-order chi connectivity index (χ0) is 14.0. The van der Waals surface area contributed by atoms with Gasteiger partial charge >= 0.3 is 5.97 Å².